The summed E-state index contributed by atoms with van der Waals surface area (Å²) in [5, 5.41) is 0.570. The Hall–Kier alpha value is -1.07. The zero-order valence-corrected chi connectivity index (χ0v) is 10.4. The van der Waals surface area contributed by atoms with E-state index in [0.29, 0.717) is 16.3 Å². The number of hydrogen-bond donors (Lipinski definition) is 1. The van der Waals surface area contributed by atoms with Crippen LogP contribution >= 0.6 is 23.1 Å². The fourth-order valence-electron chi connectivity index (χ4n) is 1.34. The molecule has 0 unspecified atom stereocenters. The number of anilines is 1. The third-order valence-electron chi connectivity index (χ3n) is 2.03. The Morgan fingerprint density at radius 2 is 2.19 bits per heavy atom. The van der Waals surface area contributed by atoms with E-state index in [9.17, 15) is 4.39 Å². The van der Waals surface area contributed by atoms with Crippen molar-refractivity contribution in [2.24, 2.45) is 0 Å². The van der Waals surface area contributed by atoms with Crippen LogP contribution in [0.1, 0.15) is 6.92 Å². The number of aromatic nitrogens is 1. The number of hydrogen-bond acceptors (Lipinski definition) is 4. The maximum Gasteiger partial charge on any atom is 0.152 e. The van der Waals surface area contributed by atoms with Crippen LogP contribution in [0.5, 0.6) is 0 Å². The van der Waals surface area contributed by atoms with Crippen molar-refractivity contribution >= 4 is 28.1 Å². The van der Waals surface area contributed by atoms with E-state index in [-0.39, 0.29) is 5.82 Å². The standard InChI is InChI=1S/C11H11FN2S2/c1-2-15-11-14-9(10(13)16-11)7-5-3-4-6-8(7)12/h3-6H,2,13H2,1H3. The Morgan fingerprint density at radius 1 is 1.44 bits per heavy atom. The minimum absolute atomic E-state index is 0.285. The van der Waals surface area contributed by atoms with Crippen molar-refractivity contribution in [3.63, 3.8) is 0 Å². The van der Waals surface area contributed by atoms with Gasteiger partial charge in [0.15, 0.2) is 4.34 Å². The van der Waals surface area contributed by atoms with Crippen molar-refractivity contribution in [3.05, 3.63) is 30.1 Å². The highest BCUT2D eigenvalue weighted by molar-refractivity contribution is 8.01. The topological polar surface area (TPSA) is 38.9 Å². The number of nitrogens with two attached hydrogens (primary N) is 1. The second-order valence-electron chi connectivity index (χ2n) is 3.11. The van der Waals surface area contributed by atoms with E-state index in [0.717, 1.165) is 10.1 Å². The van der Waals surface area contributed by atoms with E-state index in [2.05, 4.69) is 4.98 Å². The SMILES string of the molecule is CCSc1nc(-c2ccccc2F)c(N)s1. The zero-order valence-electron chi connectivity index (χ0n) is 8.74. The monoisotopic (exact) mass is 254 g/mol. The van der Waals surface area contributed by atoms with Crippen molar-refractivity contribution in [1.82, 2.24) is 4.98 Å². The van der Waals surface area contributed by atoms with Crippen LogP contribution in [-0.4, -0.2) is 10.7 Å². The minimum Gasteiger partial charge on any atom is -0.389 e. The van der Waals surface area contributed by atoms with E-state index in [4.69, 9.17) is 5.73 Å². The molecule has 1 aromatic heterocycles. The quantitative estimate of drug-likeness (QED) is 0.850. The van der Waals surface area contributed by atoms with Gasteiger partial charge in [-0.25, -0.2) is 9.37 Å². The largest absolute Gasteiger partial charge is 0.389 e. The van der Waals surface area contributed by atoms with Crippen LogP contribution in [0.3, 0.4) is 0 Å². The third kappa shape index (κ3) is 2.20. The van der Waals surface area contributed by atoms with Gasteiger partial charge in [0, 0.05) is 5.56 Å². The smallest absolute Gasteiger partial charge is 0.152 e. The Labute approximate surface area is 102 Å². The summed E-state index contributed by atoms with van der Waals surface area (Å²) in [5.41, 5.74) is 6.87. The summed E-state index contributed by atoms with van der Waals surface area (Å²) in [7, 11) is 0. The van der Waals surface area contributed by atoms with Crippen molar-refractivity contribution in [2.75, 3.05) is 11.5 Å². The predicted molar refractivity (Wildman–Crippen MR) is 68.3 cm³/mol. The molecule has 2 aromatic rings. The first-order chi connectivity index (χ1) is 7.72. The van der Waals surface area contributed by atoms with Gasteiger partial charge in [-0.3, -0.25) is 0 Å². The van der Waals surface area contributed by atoms with Crippen molar-refractivity contribution in [3.8, 4) is 11.3 Å². The fraction of sp³-hybridized carbons (Fsp3) is 0.182. The summed E-state index contributed by atoms with van der Waals surface area (Å²) in [6, 6.07) is 6.55. The molecule has 0 aliphatic rings. The third-order valence-corrected chi connectivity index (χ3v) is 3.94. The van der Waals surface area contributed by atoms with Gasteiger partial charge in [-0.05, 0) is 17.9 Å². The summed E-state index contributed by atoms with van der Waals surface area (Å²) in [6.45, 7) is 2.05. The van der Waals surface area contributed by atoms with Gasteiger partial charge in [0.1, 0.15) is 16.5 Å². The molecular formula is C11H11FN2S2. The van der Waals surface area contributed by atoms with Crippen molar-refractivity contribution < 1.29 is 4.39 Å². The van der Waals surface area contributed by atoms with Crippen molar-refractivity contribution in [1.29, 1.82) is 0 Å². The van der Waals surface area contributed by atoms with Crippen LogP contribution in [0.2, 0.25) is 0 Å². The summed E-state index contributed by atoms with van der Waals surface area (Å²) < 4.78 is 14.4. The molecule has 5 heteroatoms. The van der Waals surface area contributed by atoms with E-state index in [1.165, 1.54) is 17.4 Å². The highest BCUT2D eigenvalue weighted by Crippen LogP contribution is 2.36. The van der Waals surface area contributed by atoms with Crippen LogP contribution in [-0.2, 0) is 0 Å². The number of nitrogen functional groups attached to an aromatic ring is 1. The summed E-state index contributed by atoms with van der Waals surface area (Å²) in [5.74, 6) is 0.650. The molecule has 2 rings (SSSR count). The van der Waals surface area contributed by atoms with Gasteiger partial charge in [-0.15, -0.1) is 0 Å². The highest BCUT2D eigenvalue weighted by atomic mass is 32.2. The van der Waals surface area contributed by atoms with Crippen LogP contribution in [0.25, 0.3) is 11.3 Å². The molecule has 0 saturated carbocycles. The average Bonchev–Trinajstić information content (AvgIpc) is 2.61. The van der Waals surface area contributed by atoms with Crippen LogP contribution in [0, 0.1) is 5.82 Å². The molecule has 0 radical (unpaired) electrons. The Morgan fingerprint density at radius 3 is 2.88 bits per heavy atom. The molecule has 0 aliphatic carbocycles. The normalized spacial score (nSPS) is 10.6. The Bertz CT molecular complexity index is 496. The van der Waals surface area contributed by atoms with E-state index in [1.54, 1.807) is 30.0 Å². The molecule has 0 bridgehead atoms. The number of nitrogens with zero attached hydrogens (tertiary/aromatic N) is 1. The molecule has 0 aliphatic heterocycles. The molecule has 16 heavy (non-hydrogen) atoms. The van der Waals surface area contributed by atoms with Crippen LogP contribution in [0.15, 0.2) is 28.6 Å². The number of thioether (sulfide) groups is 1. The number of thiazole rings is 1. The predicted octanol–water partition coefficient (Wildman–Crippen LogP) is 3.64. The van der Waals surface area contributed by atoms with Gasteiger partial charge in [0.25, 0.3) is 0 Å². The first kappa shape index (κ1) is 11.4. The molecule has 0 amide bonds. The van der Waals surface area contributed by atoms with Gasteiger partial charge >= 0.3 is 0 Å². The molecule has 0 fully saturated rings. The van der Waals surface area contributed by atoms with Gasteiger partial charge in [-0.1, -0.05) is 42.2 Å². The second-order valence-corrected chi connectivity index (χ2v) is 5.65. The summed E-state index contributed by atoms with van der Waals surface area (Å²) >= 11 is 3.02. The minimum atomic E-state index is -0.285. The lowest BCUT2D eigenvalue weighted by Crippen LogP contribution is -1.88. The summed E-state index contributed by atoms with van der Waals surface area (Å²) in [6.07, 6.45) is 0. The zero-order chi connectivity index (χ0) is 11.5. The lowest BCUT2D eigenvalue weighted by molar-refractivity contribution is 0.631. The molecular weight excluding hydrogens is 243 g/mol. The fourth-order valence-corrected chi connectivity index (χ4v) is 3.18. The number of benzene rings is 1. The second kappa shape index (κ2) is 4.84. The molecule has 2 nitrogen and oxygen atoms in total. The first-order valence-electron chi connectivity index (χ1n) is 4.86. The maximum absolute atomic E-state index is 13.6. The highest BCUT2D eigenvalue weighted by Gasteiger charge is 2.13. The van der Waals surface area contributed by atoms with E-state index < -0.39 is 0 Å². The van der Waals surface area contributed by atoms with Crippen molar-refractivity contribution in [2.45, 2.75) is 11.3 Å². The van der Waals surface area contributed by atoms with Gasteiger partial charge in [-0.2, -0.15) is 0 Å². The molecule has 2 N–H and O–H groups in total. The summed E-state index contributed by atoms with van der Waals surface area (Å²) in [4.78, 5) is 4.35. The lowest BCUT2D eigenvalue weighted by atomic mass is 10.1. The molecule has 0 atom stereocenters. The molecule has 0 saturated heterocycles. The van der Waals surface area contributed by atoms with Gasteiger partial charge in [0.05, 0.1) is 0 Å². The van der Waals surface area contributed by atoms with Gasteiger partial charge in [0.2, 0.25) is 0 Å². The molecule has 0 spiro atoms. The number of halogens is 1. The lowest BCUT2D eigenvalue weighted by Gasteiger charge is -1.99. The Kier molecular flexibility index (Phi) is 3.46. The number of rotatable bonds is 3. The van der Waals surface area contributed by atoms with E-state index in [1.807, 2.05) is 6.92 Å². The van der Waals surface area contributed by atoms with Crippen LogP contribution < -0.4 is 5.73 Å². The molecule has 1 heterocycles. The molecule has 1 aromatic carbocycles. The maximum atomic E-state index is 13.6. The van der Waals surface area contributed by atoms with Crippen LogP contribution in [0.4, 0.5) is 9.39 Å². The molecule has 84 valence electrons. The van der Waals surface area contributed by atoms with E-state index >= 15 is 0 Å². The Balaban J connectivity index is 2.44. The average molecular weight is 254 g/mol. The van der Waals surface area contributed by atoms with Gasteiger partial charge < -0.3 is 5.73 Å². The first-order valence-corrected chi connectivity index (χ1v) is 6.66.